The lowest BCUT2D eigenvalue weighted by molar-refractivity contribution is 0.355. The van der Waals surface area contributed by atoms with Gasteiger partial charge in [-0.25, -0.2) is 0 Å². The fourth-order valence-electron chi connectivity index (χ4n) is 2.08. The van der Waals surface area contributed by atoms with Gasteiger partial charge >= 0.3 is 0 Å². The van der Waals surface area contributed by atoms with Crippen LogP contribution in [0.1, 0.15) is 18.1 Å². The number of aryl methyl sites for hydroxylation is 1. The zero-order valence-electron chi connectivity index (χ0n) is 13.8. The zero-order valence-corrected chi connectivity index (χ0v) is 14.6. The molecule has 1 atom stereocenters. The highest BCUT2D eigenvalue weighted by Gasteiger charge is 2.19. The number of hydrogen-bond acceptors (Lipinski definition) is 8. The third kappa shape index (κ3) is 3.21. The van der Waals surface area contributed by atoms with Crippen LogP contribution >= 0.6 is 11.8 Å². The second kappa shape index (κ2) is 6.91. The number of nitrogens with zero attached hydrogens (tertiary/aromatic N) is 5. The summed E-state index contributed by atoms with van der Waals surface area (Å²) in [5.74, 6) is 2.28. The molecular weight excluding hydrogens is 330 g/mol. The van der Waals surface area contributed by atoms with Gasteiger partial charge in [-0.3, -0.25) is 0 Å². The van der Waals surface area contributed by atoms with E-state index in [4.69, 9.17) is 14.0 Å². The predicted molar refractivity (Wildman–Crippen MR) is 88.1 cm³/mol. The Morgan fingerprint density at radius 2 is 2.00 bits per heavy atom. The van der Waals surface area contributed by atoms with Crippen molar-refractivity contribution < 1.29 is 14.0 Å². The minimum Gasteiger partial charge on any atom is -0.493 e. The van der Waals surface area contributed by atoms with Gasteiger partial charge in [0.15, 0.2) is 16.7 Å². The predicted octanol–water partition coefficient (Wildman–Crippen LogP) is 2.74. The van der Waals surface area contributed by atoms with Crippen molar-refractivity contribution in [2.45, 2.75) is 17.3 Å². The Balaban J connectivity index is 1.81. The SMILES string of the molecule is COc1ccc(-c2noc([C@H](C)Sc3nncn3C)n2)cc1OC. The molecule has 0 unspecified atom stereocenters. The van der Waals surface area contributed by atoms with Gasteiger partial charge in [-0.15, -0.1) is 10.2 Å². The maximum atomic E-state index is 5.39. The molecule has 0 bridgehead atoms. The minimum atomic E-state index is -0.0470. The van der Waals surface area contributed by atoms with E-state index in [9.17, 15) is 0 Å². The molecule has 9 heteroatoms. The van der Waals surface area contributed by atoms with E-state index >= 15 is 0 Å². The average molecular weight is 347 g/mol. The molecule has 0 radical (unpaired) electrons. The summed E-state index contributed by atoms with van der Waals surface area (Å²) < 4.78 is 17.8. The zero-order chi connectivity index (χ0) is 17.1. The molecule has 8 nitrogen and oxygen atoms in total. The monoisotopic (exact) mass is 347 g/mol. The summed E-state index contributed by atoms with van der Waals surface area (Å²) in [4.78, 5) is 4.47. The van der Waals surface area contributed by atoms with Crippen LogP contribution in [0.2, 0.25) is 0 Å². The fraction of sp³-hybridized carbons (Fsp3) is 0.333. The molecule has 1 aromatic carbocycles. The third-order valence-corrected chi connectivity index (χ3v) is 4.52. The van der Waals surface area contributed by atoms with Gasteiger partial charge in [0.25, 0.3) is 0 Å². The van der Waals surface area contributed by atoms with E-state index in [0.717, 1.165) is 10.7 Å². The summed E-state index contributed by atoms with van der Waals surface area (Å²) in [7, 11) is 5.07. The van der Waals surface area contributed by atoms with Gasteiger partial charge in [0, 0.05) is 12.6 Å². The first kappa shape index (κ1) is 16.3. The summed E-state index contributed by atoms with van der Waals surface area (Å²) in [6.07, 6.45) is 1.65. The Bertz CT molecular complexity index is 832. The summed E-state index contributed by atoms with van der Waals surface area (Å²) >= 11 is 1.50. The molecule has 3 rings (SSSR count). The topological polar surface area (TPSA) is 88.1 Å². The van der Waals surface area contributed by atoms with Crippen molar-refractivity contribution in [1.29, 1.82) is 0 Å². The quantitative estimate of drug-likeness (QED) is 0.629. The molecule has 3 aromatic rings. The highest BCUT2D eigenvalue weighted by Crippen LogP contribution is 2.35. The van der Waals surface area contributed by atoms with Gasteiger partial charge in [0.05, 0.1) is 19.5 Å². The molecule has 0 saturated carbocycles. The summed E-state index contributed by atoms with van der Waals surface area (Å²) in [5, 5.41) is 12.7. The van der Waals surface area contributed by atoms with Crippen LogP contribution in [-0.2, 0) is 7.05 Å². The molecule has 126 valence electrons. The Labute approximate surface area is 143 Å². The van der Waals surface area contributed by atoms with Crippen LogP contribution in [0.15, 0.2) is 34.2 Å². The number of benzene rings is 1. The molecule has 0 aliphatic carbocycles. The standard InChI is InChI=1S/C15H17N5O3S/c1-9(24-15-18-16-8-20(15)2)14-17-13(19-23-14)10-5-6-11(21-3)12(7-10)22-4/h5-9H,1-4H3/t9-/m0/s1. The normalized spacial score (nSPS) is 12.2. The number of thioether (sulfide) groups is 1. The number of rotatable bonds is 6. The number of methoxy groups -OCH3 is 2. The Morgan fingerprint density at radius 1 is 1.21 bits per heavy atom. The molecule has 0 saturated heterocycles. The van der Waals surface area contributed by atoms with E-state index in [-0.39, 0.29) is 5.25 Å². The minimum absolute atomic E-state index is 0.0470. The van der Waals surface area contributed by atoms with Gasteiger partial charge < -0.3 is 18.6 Å². The number of ether oxygens (including phenoxy) is 2. The maximum absolute atomic E-state index is 5.39. The first-order valence-electron chi connectivity index (χ1n) is 7.19. The van der Waals surface area contributed by atoms with Crippen LogP contribution in [0.5, 0.6) is 11.5 Å². The highest BCUT2D eigenvalue weighted by molar-refractivity contribution is 7.99. The molecule has 0 spiro atoms. The molecule has 0 aliphatic rings. The second-order valence-electron chi connectivity index (χ2n) is 5.01. The molecular formula is C15H17N5O3S. The van der Waals surface area contributed by atoms with Gasteiger partial charge in [-0.2, -0.15) is 4.98 Å². The van der Waals surface area contributed by atoms with E-state index in [1.807, 2.05) is 36.7 Å². The van der Waals surface area contributed by atoms with E-state index in [2.05, 4.69) is 20.3 Å². The van der Waals surface area contributed by atoms with Crippen molar-refractivity contribution in [2.24, 2.45) is 7.05 Å². The molecule has 0 fully saturated rings. The van der Waals surface area contributed by atoms with E-state index < -0.39 is 0 Å². The molecule has 2 heterocycles. The van der Waals surface area contributed by atoms with Crippen LogP contribution < -0.4 is 9.47 Å². The number of aromatic nitrogens is 5. The van der Waals surface area contributed by atoms with E-state index in [0.29, 0.717) is 23.2 Å². The molecule has 0 aliphatic heterocycles. The van der Waals surface area contributed by atoms with E-state index in [1.54, 1.807) is 20.5 Å². The lowest BCUT2D eigenvalue weighted by Gasteiger charge is -2.07. The summed E-state index contributed by atoms with van der Waals surface area (Å²) in [6, 6.07) is 5.48. The maximum Gasteiger partial charge on any atom is 0.240 e. The van der Waals surface area contributed by atoms with Crippen LogP contribution in [0.25, 0.3) is 11.4 Å². The summed E-state index contributed by atoms with van der Waals surface area (Å²) in [5.41, 5.74) is 0.790. The Kier molecular flexibility index (Phi) is 4.70. The van der Waals surface area contributed by atoms with Gasteiger partial charge in [0.2, 0.25) is 11.7 Å². The van der Waals surface area contributed by atoms with Gasteiger partial charge in [-0.1, -0.05) is 16.9 Å². The summed E-state index contributed by atoms with van der Waals surface area (Å²) in [6.45, 7) is 1.98. The van der Waals surface area contributed by atoms with Crippen molar-refractivity contribution in [1.82, 2.24) is 24.9 Å². The van der Waals surface area contributed by atoms with Crippen molar-refractivity contribution >= 4 is 11.8 Å². The van der Waals surface area contributed by atoms with Gasteiger partial charge in [0.1, 0.15) is 6.33 Å². The number of hydrogen-bond donors (Lipinski definition) is 0. The highest BCUT2D eigenvalue weighted by atomic mass is 32.2. The largest absolute Gasteiger partial charge is 0.493 e. The molecule has 0 amide bonds. The van der Waals surface area contributed by atoms with Crippen molar-refractivity contribution in [2.75, 3.05) is 14.2 Å². The van der Waals surface area contributed by atoms with Crippen LogP contribution in [-0.4, -0.2) is 39.1 Å². The molecule has 0 N–H and O–H groups in total. The van der Waals surface area contributed by atoms with Crippen LogP contribution in [0.3, 0.4) is 0 Å². The van der Waals surface area contributed by atoms with Gasteiger partial charge in [-0.05, 0) is 25.1 Å². The fourth-order valence-corrected chi connectivity index (χ4v) is 2.90. The lowest BCUT2D eigenvalue weighted by atomic mass is 10.2. The lowest BCUT2D eigenvalue weighted by Crippen LogP contribution is -1.94. The molecule has 2 aromatic heterocycles. The van der Waals surface area contributed by atoms with Crippen molar-refractivity contribution in [3.8, 4) is 22.9 Å². The smallest absolute Gasteiger partial charge is 0.240 e. The van der Waals surface area contributed by atoms with Crippen LogP contribution in [0.4, 0.5) is 0 Å². The first-order chi connectivity index (χ1) is 11.6. The average Bonchev–Trinajstić information content (AvgIpc) is 3.24. The Morgan fingerprint density at radius 3 is 2.67 bits per heavy atom. The van der Waals surface area contributed by atoms with Crippen molar-refractivity contribution in [3.63, 3.8) is 0 Å². The second-order valence-corrected chi connectivity index (χ2v) is 6.32. The first-order valence-corrected chi connectivity index (χ1v) is 8.07. The molecule has 24 heavy (non-hydrogen) atoms. The van der Waals surface area contributed by atoms with E-state index in [1.165, 1.54) is 11.8 Å². The third-order valence-electron chi connectivity index (χ3n) is 3.38. The van der Waals surface area contributed by atoms with Crippen LogP contribution in [0, 0.1) is 0 Å². The Hall–Kier alpha value is -2.55. The van der Waals surface area contributed by atoms with Crippen molar-refractivity contribution in [3.05, 3.63) is 30.4 Å².